The summed E-state index contributed by atoms with van der Waals surface area (Å²) >= 11 is 0. The molecule has 0 saturated carbocycles. The smallest absolute Gasteiger partial charge is 0.320 e. The molecule has 0 aromatic carbocycles. The Hall–Kier alpha value is -3.43. The zero-order valence-electron chi connectivity index (χ0n) is 16.5. The minimum Gasteiger partial charge on any atom is -0.481 e. The first-order valence-electron chi connectivity index (χ1n) is 8.36. The molecule has 0 aliphatic rings. The molecule has 10 N–H and O–H groups in total. The monoisotopic (exact) mass is 456 g/mol. The van der Waals surface area contributed by atoms with Gasteiger partial charge in [-0.2, -0.15) is 0 Å². The molecular weight excluding hydrogens is 428 g/mol. The molecule has 0 saturated heterocycles. The first-order chi connectivity index (χ1) is 14.2. The minimum absolute atomic E-state index is 0.0231. The second-order valence-electron chi connectivity index (χ2n) is 5.16. The van der Waals surface area contributed by atoms with E-state index in [1.165, 1.54) is 0 Å². The summed E-state index contributed by atoms with van der Waals surface area (Å²) in [5.74, 6) is -5.56. The summed E-state index contributed by atoms with van der Waals surface area (Å²) in [5, 5.41) is 47.9. The van der Waals surface area contributed by atoms with Crippen molar-refractivity contribution < 1.29 is 64.2 Å². The van der Waals surface area contributed by atoms with Crippen molar-refractivity contribution in [1.82, 2.24) is 0 Å². The predicted octanol–water partition coefficient (Wildman–Crippen LogP) is -2.24. The molecule has 0 bridgehead atoms. The Morgan fingerprint density at radius 3 is 1.39 bits per heavy atom. The average molecular weight is 456 g/mol. The van der Waals surface area contributed by atoms with Crippen LogP contribution in [0.1, 0.15) is 38.5 Å². The summed E-state index contributed by atoms with van der Waals surface area (Å²) in [4.78, 5) is 68.0. The average Bonchev–Trinajstić information content (AvgIpc) is 2.65. The third-order valence-electron chi connectivity index (χ3n) is 2.40. The summed E-state index contributed by atoms with van der Waals surface area (Å²) in [6.07, 6.45) is -0.467. The van der Waals surface area contributed by atoms with Crippen LogP contribution in [0.15, 0.2) is 0 Å². The SMILES string of the molecule is NC(CCC(=O)O)C(=O)O.NCCC(=O)O.O=C(O)CCC(=O)CO.O=CCC(=O)O. The van der Waals surface area contributed by atoms with Crippen LogP contribution in [0.25, 0.3) is 0 Å². The molecule has 1 atom stereocenters. The zero-order valence-corrected chi connectivity index (χ0v) is 16.5. The number of ketones is 1. The number of hydrogen-bond donors (Lipinski definition) is 8. The third kappa shape index (κ3) is 46.5. The van der Waals surface area contributed by atoms with Crippen molar-refractivity contribution in [3.8, 4) is 0 Å². The standard InChI is InChI=1S/C5H9NO4.C5H8O4.C3H7NO2.C3H4O3/c6-3(5(9)10)1-2-4(7)8;6-3-4(7)1-2-5(8)9;2*4-2-1-3(5)6/h3H,1-2,6H2,(H,7,8)(H,9,10);6H,1-3H2,(H,8,9);1-2,4H2,(H,5,6);2H,1H2,(H,5,6). The van der Waals surface area contributed by atoms with E-state index < -0.39 is 48.3 Å². The number of carbonyl (C=O) groups is 7. The fourth-order valence-electron chi connectivity index (χ4n) is 0.923. The van der Waals surface area contributed by atoms with E-state index in [2.05, 4.69) is 0 Å². The highest BCUT2D eigenvalue weighted by Crippen LogP contribution is 1.93. The molecular formula is C16H28N2O13. The molecule has 1 unspecified atom stereocenters. The van der Waals surface area contributed by atoms with E-state index in [1.807, 2.05) is 0 Å². The van der Waals surface area contributed by atoms with Crippen molar-refractivity contribution in [2.45, 2.75) is 44.6 Å². The maximum atomic E-state index is 10.2. The molecule has 0 aliphatic carbocycles. The van der Waals surface area contributed by atoms with Crippen LogP contribution in [0.2, 0.25) is 0 Å². The summed E-state index contributed by atoms with van der Waals surface area (Å²) in [7, 11) is 0. The van der Waals surface area contributed by atoms with E-state index in [4.69, 9.17) is 42.1 Å². The first kappa shape index (κ1) is 35.0. The highest BCUT2D eigenvalue weighted by atomic mass is 16.4. The van der Waals surface area contributed by atoms with Crippen LogP contribution in [-0.2, 0) is 33.6 Å². The van der Waals surface area contributed by atoms with Gasteiger partial charge in [-0.3, -0.25) is 28.8 Å². The fraction of sp³-hybridized carbons (Fsp3) is 0.562. The molecule has 15 nitrogen and oxygen atoms in total. The lowest BCUT2D eigenvalue weighted by atomic mass is 10.2. The van der Waals surface area contributed by atoms with Crippen molar-refractivity contribution in [2.75, 3.05) is 13.2 Å². The van der Waals surface area contributed by atoms with Crippen LogP contribution >= 0.6 is 0 Å². The van der Waals surface area contributed by atoms with E-state index in [-0.39, 0.29) is 45.1 Å². The second kappa shape index (κ2) is 24.6. The summed E-state index contributed by atoms with van der Waals surface area (Å²) in [6.45, 7) is -0.331. The van der Waals surface area contributed by atoms with Crippen LogP contribution in [-0.4, -0.2) is 91.7 Å². The minimum atomic E-state index is -1.17. The van der Waals surface area contributed by atoms with Gasteiger partial charge in [0.05, 0.1) is 12.8 Å². The van der Waals surface area contributed by atoms with Gasteiger partial charge < -0.3 is 46.9 Å². The Labute approximate surface area is 176 Å². The highest BCUT2D eigenvalue weighted by Gasteiger charge is 2.12. The van der Waals surface area contributed by atoms with Crippen LogP contribution in [0.5, 0.6) is 0 Å². The van der Waals surface area contributed by atoms with Crippen molar-refractivity contribution >= 4 is 41.9 Å². The highest BCUT2D eigenvalue weighted by molar-refractivity contribution is 5.83. The second-order valence-corrected chi connectivity index (χ2v) is 5.16. The number of rotatable bonds is 12. The number of nitrogens with two attached hydrogens (primary N) is 2. The van der Waals surface area contributed by atoms with Crippen molar-refractivity contribution in [3.63, 3.8) is 0 Å². The van der Waals surface area contributed by atoms with Crippen LogP contribution in [0.4, 0.5) is 0 Å². The van der Waals surface area contributed by atoms with E-state index in [1.54, 1.807) is 0 Å². The summed E-state index contributed by atoms with van der Waals surface area (Å²) in [5.41, 5.74) is 9.85. The number of aldehydes is 1. The largest absolute Gasteiger partial charge is 0.481 e. The molecule has 0 rings (SSSR count). The predicted molar refractivity (Wildman–Crippen MR) is 101 cm³/mol. The molecule has 15 heteroatoms. The van der Waals surface area contributed by atoms with Crippen LogP contribution in [0, 0.1) is 0 Å². The Morgan fingerprint density at radius 2 is 1.19 bits per heavy atom. The van der Waals surface area contributed by atoms with Gasteiger partial charge in [-0.05, 0) is 6.42 Å². The van der Waals surface area contributed by atoms with Crippen molar-refractivity contribution in [2.24, 2.45) is 11.5 Å². The normalized spacial score (nSPS) is 9.65. The van der Waals surface area contributed by atoms with Gasteiger partial charge in [-0.25, -0.2) is 0 Å². The molecule has 0 aliphatic heterocycles. The zero-order chi connectivity index (χ0) is 25.4. The lowest BCUT2D eigenvalue weighted by molar-refractivity contribution is -0.141. The lowest BCUT2D eigenvalue weighted by Gasteiger charge is -2.01. The van der Waals surface area contributed by atoms with Gasteiger partial charge in [0.25, 0.3) is 0 Å². The van der Waals surface area contributed by atoms with E-state index in [9.17, 15) is 33.6 Å². The number of carboxylic acid groups (broad SMARTS) is 5. The van der Waals surface area contributed by atoms with Gasteiger partial charge >= 0.3 is 29.8 Å². The third-order valence-corrected chi connectivity index (χ3v) is 2.40. The Balaban J connectivity index is -0.000000161. The molecule has 180 valence electrons. The number of hydrogen-bond acceptors (Lipinski definition) is 10. The molecule has 0 aromatic rings. The molecule has 0 spiro atoms. The van der Waals surface area contributed by atoms with Crippen molar-refractivity contribution in [3.05, 3.63) is 0 Å². The Kier molecular flexibility index (Phi) is 27.8. The van der Waals surface area contributed by atoms with E-state index in [0.29, 0.717) is 6.29 Å². The lowest BCUT2D eigenvalue weighted by Crippen LogP contribution is -2.30. The van der Waals surface area contributed by atoms with Gasteiger partial charge in [-0.1, -0.05) is 0 Å². The molecule has 0 heterocycles. The topological polar surface area (TPSA) is 293 Å². The Morgan fingerprint density at radius 1 is 0.742 bits per heavy atom. The Bertz CT molecular complexity index is 578. The maximum absolute atomic E-state index is 10.2. The molecule has 31 heavy (non-hydrogen) atoms. The number of aliphatic carboxylic acids is 5. The number of Topliss-reactive ketones (excluding diaryl/α,β-unsaturated/α-hetero) is 1. The van der Waals surface area contributed by atoms with Gasteiger partial charge in [-0.15, -0.1) is 0 Å². The fourth-order valence-corrected chi connectivity index (χ4v) is 0.923. The number of aliphatic hydroxyl groups is 1. The van der Waals surface area contributed by atoms with E-state index in [0.717, 1.165) is 0 Å². The van der Waals surface area contributed by atoms with Crippen molar-refractivity contribution in [1.29, 1.82) is 0 Å². The van der Waals surface area contributed by atoms with E-state index >= 15 is 0 Å². The van der Waals surface area contributed by atoms with Gasteiger partial charge in [0.2, 0.25) is 0 Å². The first-order valence-corrected chi connectivity index (χ1v) is 8.36. The molecule has 0 radical (unpaired) electrons. The van der Waals surface area contributed by atoms with Gasteiger partial charge in [0.1, 0.15) is 25.4 Å². The van der Waals surface area contributed by atoms with Crippen LogP contribution < -0.4 is 11.5 Å². The molecule has 0 aromatic heterocycles. The summed E-state index contributed by atoms with van der Waals surface area (Å²) < 4.78 is 0. The molecule has 0 amide bonds. The maximum Gasteiger partial charge on any atom is 0.320 e. The summed E-state index contributed by atoms with van der Waals surface area (Å²) in [6, 6.07) is -1.06. The number of carboxylic acids is 5. The van der Waals surface area contributed by atoms with Crippen LogP contribution in [0.3, 0.4) is 0 Å². The number of aliphatic hydroxyl groups excluding tert-OH is 1. The number of carbonyl (C=O) groups excluding carboxylic acids is 2. The van der Waals surface area contributed by atoms with Gasteiger partial charge in [0.15, 0.2) is 5.78 Å². The van der Waals surface area contributed by atoms with Gasteiger partial charge in [0, 0.05) is 19.4 Å². The molecule has 0 fully saturated rings. The quantitative estimate of drug-likeness (QED) is 0.114.